The molecular formula is C15H18FNOS. The number of rotatable bonds is 3. The normalized spacial score (nSPS) is 22.8. The zero-order chi connectivity index (χ0) is 13.8. The minimum absolute atomic E-state index is 0.0337. The summed E-state index contributed by atoms with van der Waals surface area (Å²) in [7, 11) is 0. The van der Waals surface area contributed by atoms with Crippen molar-refractivity contribution in [2.45, 2.75) is 32.1 Å². The number of benzene rings is 1. The third-order valence-electron chi connectivity index (χ3n) is 3.08. The van der Waals surface area contributed by atoms with Gasteiger partial charge >= 0.3 is 0 Å². The van der Waals surface area contributed by atoms with Crippen LogP contribution in [-0.2, 0) is 11.3 Å². The van der Waals surface area contributed by atoms with Crippen LogP contribution in [0.15, 0.2) is 35.2 Å². The Labute approximate surface area is 117 Å². The first-order valence-corrected chi connectivity index (χ1v) is 7.30. The third kappa shape index (κ3) is 4.10. The molecule has 2 rings (SSSR count). The second kappa shape index (κ2) is 6.24. The van der Waals surface area contributed by atoms with Gasteiger partial charge in [-0.3, -0.25) is 4.79 Å². The fraction of sp³-hybridized carbons (Fsp3) is 0.400. The molecule has 0 spiro atoms. The van der Waals surface area contributed by atoms with Crippen molar-refractivity contribution in [3.05, 3.63) is 46.6 Å². The van der Waals surface area contributed by atoms with Crippen molar-refractivity contribution in [1.82, 2.24) is 5.32 Å². The number of nitrogens with one attached hydrogen (secondary N) is 1. The first-order chi connectivity index (χ1) is 9.04. The summed E-state index contributed by atoms with van der Waals surface area (Å²) in [5, 5.41) is 2.85. The van der Waals surface area contributed by atoms with Gasteiger partial charge in [0.15, 0.2) is 0 Å². The maximum Gasteiger partial charge on any atom is 0.233 e. The predicted octanol–water partition coefficient (Wildman–Crippen LogP) is 3.49. The van der Waals surface area contributed by atoms with Gasteiger partial charge in [-0.1, -0.05) is 25.1 Å². The molecule has 1 aliphatic heterocycles. The Morgan fingerprint density at radius 2 is 2.32 bits per heavy atom. The number of thioether (sulfide) groups is 1. The van der Waals surface area contributed by atoms with Crippen LogP contribution in [0.1, 0.15) is 25.8 Å². The van der Waals surface area contributed by atoms with E-state index in [4.69, 9.17) is 0 Å². The molecule has 0 fully saturated rings. The first kappa shape index (κ1) is 14.1. The molecule has 1 heterocycles. The zero-order valence-electron chi connectivity index (χ0n) is 11.2. The number of hydrogen-bond donors (Lipinski definition) is 1. The molecule has 19 heavy (non-hydrogen) atoms. The number of carbonyl (C=O) groups is 1. The lowest BCUT2D eigenvalue weighted by Crippen LogP contribution is -2.34. The van der Waals surface area contributed by atoms with Gasteiger partial charge in [0.1, 0.15) is 5.82 Å². The van der Waals surface area contributed by atoms with Crippen LogP contribution in [0.2, 0.25) is 0 Å². The Bertz CT molecular complexity index is 501. The van der Waals surface area contributed by atoms with Crippen molar-refractivity contribution in [2.24, 2.45) is 5.92 Å². The Balaban J connectivity index is 1.90. The maximum atomic E-state index is 13.0. The van der Waals surface area contributed by atoms with Gasteiger partial charge in [0.25, 0.3) is 0 Å². The number of allylic oxidation sites excluding steroid dienone is 2. The van der Waals surface area contributed by atoms with Crippen LogP contribution in [0, 0.1) is 11.7 Å². The Kier molecular flexibility index (Phi) is 4.64. The molecule has 4 heteroatoms. The van der Waals surface area contributed by atoms with Gasteiger partial charge in [-0.15, -0.1) is 11.8 Å². The summed E-state index contributed by atoms with van der Waals surface area (Å²) >= 11 is 1.61. The average Bonchev–Trinajstić information content (AvgIpc) is 2.35. The lowest BCUT2D eigenvalue weighted by Gasteiger charge is -2.24. The fourth-order valence-corrected chi connectivity index (χ4v) is 3.58. The summed E-state index contributed by atoms with van der Waals surface area (Å²) in [5.41, 5.74) is 0.787. The SMILES string of the molecule is CC1=CC(C)CC(C(=O)NCc2cccc(F)c2)S1. The summed E-state index contributed by atoms with van der Waals surface area (Å²) in [6.07, 6.45) is 3.05. The molecule has 2 atom stereocenters. The summed E-state index contributed by atoms with van der Waals surface area (Å²) in [6.45, 7) is 4.54. The van der Waals surface area contributed by atoms with Gasteiger partial charge in [-0.25, -0.2) is 4.39 Å². The van der Waals surface area contributed by atoms with E-state index in [9.17, 15) is 9.18 Å². The van der Waals surface area contributed by atoms with Crippen LogP contribution in [0.4, 0.5) is 4.39 Å². The van der Waals surface area contributed by atoms with Crippen molar-refractivity contribution in [3.8, 4) is 0 Å². The van der Waals surface area contributed by atoms with Gasteiger partial charge in [0.05, 0.1) is 5.25 Å². The van der Waals surface area contributed by atoms with Crippen molar-refractivity contribution < 1.29 is 9.18 Å². The number of carbonyl (C=O) groups excluding carboxylic acids is 1. The molecule has 0 radical (unpaired) electrons. The number of amides is 1. The van der Waals surface area contributed by atoms with Gasteiger partial charge in [-0.05, 0) is 41.9 Å². The summed E-state index contributed by atoms with van der Waals surface area (Å²) in [5.74, 6) is 0.200. The van der Waals surface area contributed by atoms with E-state index in [1.807, 2.05) is 13.0 Å². The second-order valence-corrected chi connectivity index (χ2v) is 6.39. The summed E-state index contributed by atoms with van der Waals surface area (Å²) in [4.78, 5) is 13.3. The number of hydrogen-bond acceptors (Lipinski definition) is 2. The lowest BCUT2D eigenvalue weighted by molar-refractivity contribution is -0.120. The van der Waals surface area contributed by atoms with Crippen LogP contribution in [0.3, 0.4) is 0 Å². The molecule has 0 bridgehead atoms. The Hall–Kier alpha value is -1.29. The molecule has 2 nitrogen and oxygen atoms in total. The van der Waals surface area contributed by atoms with E-state index in [0.29, 0.717) is 12.5 Å². The quantitative estimate of drug-likeness (QED) is 0.917. The molecule has 0 aromatic heterocycles. The highest BCUT2D eigenvalue weighted by atomic mass is 32.2. The van der Waals surface area contributed by atoms with Gasteiger partial charge in [0.2, 0.25) is 5.91 Å². The molecule has 1 N–H and O–H groups in total. The van der Waals surface area contributed by atoms with E-state index in [2.05, 4.69) is 18.3 Å². The summed E-state index contributed by atoms with van der Waals surface area (Å²) in [6, 6.07) is 6.31. The average molecular weight is 279 g/mol. The smallest absolute Gasteiger partial charge is 0.233 e. The number of halogens is 1. The van der Waals surface area contributed by atoms with Gasteiger partial charge in [0, 0.05) is 6.54 Å². The molecular weight excluding hydrogens is 261 g/mol. The topological polar surface area (TPSA) is 29.1 Å². The Morgan fingerprint density at radius 1 is 1.53 bits per heavy atom. The predicted molar refractivity (Wildman–Crippen MR) is 77.2 cm³/mol. The second-order valence-electron chi connectivity index (χ2n) is 4.94. The minimum atomic E-state index is -0.272. The van der Waals surface area contributed by atoms with Crippen LogP contribution in [-0.4, -0.2) is 11.2 Å². The zero-order valence-corrected chi connectivity index (χ0v) is 12.0. The van der Waals surface area contributed by atoms with Crippen LogP contribution < -0.4 is 5.32 Å². The molecule has 1 aliphatic rings. The first-order valence-electron chi connectivity index (χ1n) is 6.42. The van der Waals surface area contributed by atoms with Crippen molar-refractivity contribution >= 4 is 17.7 Å². The van der Waals surface area contributed by atoms with Crippen LogP contribution in [0.25, 0.3) is 0 Å². The summed E-state index contributed by atoms with van der Waals surface area (Å²) < 4.78 is 13.0. The van der Waals surface area contributed by atoms with Crippen molar-refractivity contribution in [2.75, 3.05) is 0 Å². The highest BCUT2D eigenvalue weighted by Crippen LogP contribution is 2.33. The largest absolute Gasteiger partial charge is 0.351 e. The van der Waals surface area contributed by atoms with E-state index in [-0.39, 0.29) is 17.0 Å². The van der Waals surface area contributed by atoms with Gasteiger partial charge < -0.3 is 5.32 Å². The molecule has 102 valence electrons. The molecule has 1 aromatic carbocycles. The lowest BCUT2D eigenvalue weighted by atomic mass is 10.0. The van der Waals surface area contributed by atoms with Gasteiger partial charge in [-0.2, -0.15) is 0 Å². The molecule has 0 saturated carbocycles. The Morgan fingerprint density at radius 3 is 3.00 bits per heavy atom. The molecule has 0 saturated heterocycles. The van der Waals surface area contributed by atoms with E-state index < -0.39 is 0 Å². The van der Waals surface area contributed by atoms with Crippen molar-refractivity contribution in [3.63, 3.8) is 0 Å². The highest BCUT2D eigenvalue weighted by Gasteiger charge is 2.24. The van der Waals surface area contributed by atoms with E-state index in [1.54, 1.807) is 17.8 Å². The molecule has 1 amide bonds. The van der Waals surface area contributed by atoms with Crippen molar-refractivity contribution in [1.29, 1.82) is 0 Å². The minimum Gasteiger partial charge on any atom is -0.351 e. The maximum absolute atomic E-state index is 13.0. The molecule has 1 aromatic rings. The van der Waals surface area contributed by atoms with E-state index in [0.717, 1.165) is 12.0 Å². The monoisotopic (exact) mass is 279 g/mol. The van der Waals surface area contributed by atoms with E-state index in [1.165, 1.54) is 17.0 Å². The standard InChI is InChI=1S/C15H18FNOS/c1-10-6-11(2)19-14(7-10)15(18)17-9-12-4-3-5-13(16)8-12/h3-6,8,10,14H,7,9H2,1-2H3,(H,17,18). The van der Waals surface area contributed by atoms with E-state index >= 15 is 0 Å². The van der Waals surface area contributed by atoms with Crippen LogP contribution in [0.5, 0.6) is 0 Å². The van der Waals surface area contributed by atoms with Crippen LogP contribution >= 0.6 is 11.8 Å². The highest BCUT2D eigenvalue weighted by molar-refractivity contribution is 8.04. The third-order valence-corrected chi connectivity index (χ3v) is 4.28. The fourth-order valence-electron chi connectivity index (χ4n) is 2.23. The molecule has 2 unspecified atom stereocenters. The molecule has 0 aliphatic carbocycles.